The maximum Gasteiger partial charge on any atom is 0.359 e. The van der Waals surface area contributed by atoms with Crippen molar-refractivity contribution in [3.05, 3.63) is 93.7 Å². The molecule has 1 N–H and O–H groups in total. The van der Waals surface area contributed by atoms with E-state index in [0.29, 0.717) is 21.8 Å². The van der Waals surface area contributed by atoms with Crippen molar-refractivity contribution in [2.45, 2.75) is 13.8 Å². The van der Waals surface area contributed by atoms with Crippen LogP contribution in [-0.4, -0.2) is 34.9 Å². The largest absolute Gasteiger partial charge is 0.484 e. The number of thiophene rings is 1. The number of hydrogen-bond acceptors (Lipinski definition) is 7. The highest BCUT2D eigenvalue weighted by molar-refractivity contribution is 7.16. The Bertz CT molecular complexity index is 1690. The average molecular weight is 514 g/mol. The molecule has 9 heteroatoms. The lowest BCUT2D eigenvalue weighted by atomic mass is 10.1. The number of carbonyl (C=O) groups excluding carboxylic acids is 2. The van der Waals surface area contributed by atoms with E-state index in [1.807, 2.05) is 55.5 Å². The predicted molar refractivity (Wildman–Crippen MR) is 144 cm³/mol. The number of nitrogens with zero attached hydrogens (tertiary/aromatic N) is 2. The molecule has 0 spiro atoms. The molecule has 0 saturated heterocycles. The molecule has 5 rings (SSSR count). The molecule has 0 aliphatic heterocycles. The fourth-order valence-corrected chi connectivity index (χ4v) is 4.87. The lowest BCUT2D eigenvalue weighted by Crippen LogP contribution is -2.26. The van der Waals surface area contributed by atoms with Crippen molar-refractivity contribution in [2.75, 3.05) is 18.5 Å². The summed E-state index contributed by atoms with van der Waals surface area (Å²) in [5.41, 5.74) is 1.05. The van der Waals surface area contributed by atoms with Gasteiger partial charge in [-0.15, -0.1) is 11.3 Å². The van der Waals surface area contributed by atoms with Gasteiger partial charge in [-0.1, -0.05) is 48.0 Å². The first-order valence-electron chi connectivity index (χ1n) is 11.6. The molecular weight excluding hydrogens is 490 g/mol. The van der Waals surface area contributed by atoms with E-state index in [1.54, 1.807) is 30.5 Å². The number of aromatic nitrogens is 2. The number of ether oxygens (including phenoxy) is 2. The average Bonchev–Trinajstić information content (AvgIpc) is 3.32. The van der Waals surface area contributed by atoms with E-state index in [4.69, 9.17) is 9.47 Å². The maximum absolute atomic E-state index is 13.5. The quantitative estimate of drug-likeness (QED) is 0.304. The van der Waals surface area contributed by atoms with E-state index >= 15 is 0 Å². The highest BCUT2D eigenvalue weighted by Gasteiger charge is 2.23. The van der Waals surface area contributed by atoms with Gasteiger partial charge in [0.05, 0.1) is 17.7 Å². The second-order valence-electron chi connectivity index (χ2n) is 8.32. The normalized spacial score (nSPS) is 11.0. The zero-order chi connectivity index (χ0) is 25.9. The molecule has 0 aliphatic rings. The van der Waals surface area contributed by atoms with E-state index in [1.165, 1.54) is 0 Å². The second kappa shape index (κ2) is 10.2. The smallest absolute Gasteiger partial charge is 0.359 e. The standard InChI is InChI=1S/C28H23N3O5S/c1-3-35-28(34)25-22-16-37-26(24(22)27(33)31(30-25)20-11-8-17(2)9-12-20)29-23(32)15-36-21-13-10-18-6-4-5-7-19(18)14-21/h4-14,16H,3,15H2,1-2H3,(H,29,32). The summed E-state index contributed by atoms with van der Waals surface area (Å²) in [5.74, 6) is -0.531. The van der Waals surface area contributed by atoms with Crippen LogP contribution in [0.25, 0.3) is 27.2 Å². The van der Waals surface area contributed by atoms with E-state index in [-0.39, 0.29) is 24.3 Å². The fraction of sp³-hybridized carbons (Fsp3) is 0.143. The monoisotopic (exact) mass is 513 g/mol. The van der Waals surface area contributed by atoms with Gasteiger partial charge in [0.15, 0.2) is 12.3 Å². The number of amides is 1. The zero-order valence-electron chi connectivity index (χ0n) is 20.2. The Morgan fingerprint density at radius 3 is 2.54 bits per heavy atom. The van der Waals surface area contributed by atoms with Crippen molar-refractivity contribution in [3.63, 3.8) is 0 Å². The summed E-state index contributed by atoms with van der Waals surface area (Å²) in [5, 5.41) is 11.6. The highest BCUT2D eigenvalue weighted by atomic mass is 32.1. The third-order valence-corrected chi connectivity index (χ3v) is 6.64. The Morgan fingerprint density at radius 2 is 1.78 bits per heavy atom. The van der Waals surface area contributed by atoms with Gasteiger partial charge in [-0.05, 0) is 48.9 Å². The summed E-state index contributed by atoms with van der Waals surface area (Å²) in [7, 11) is 0. The van der Waals surface area contributed by atoms with Crippen molar-refractivity contribution in [1.82, 2.24) is 9.78 Å². The molecule has 8 nitrogen and oxygen atoms in total. The molecule has 0 unspecified atom stereocenters. The molecule has 0 radical (unpaired) electrons. The van der Waals surface area contributed by atoms with Gasteiger partial charge in [-0.25, -0.2) is 4.79 Å². The Labute approximate surface area is 216 Å². The molecule has 186 valence electrons. The van der Waals surface area contributed by atoms with Crippen LogP contribution in [0.15, 0.2) is 76.9 Å². The van der Waals surface area contributed by atoms with Crippen molar-refractivity contribution in [2.24, 2.45) is 0 Å². The van der Waals surface area contributed by atoms with Gasteiger partial charge in [0, 0.05) is 10.8 Å². The summed E-state index contributed by atoms with van der Waals surface area (Å²) in [6, 6.07) is 20.6. The molecule has 0 bridgehead atoms. The zero-order valence-corrected chi connectivity index (χ0v) is 21.0. The highest BCUT2D eigenvalue weighted by Crippen LogP contribution is 2.31. The number of carbonyl (C=O) groups is 2. The van der Waals surface area contributed by atoms with E-state index < -0.39 is 17.4 Å². The third kappa shape index (κ3) is 4.94. The predicted octanol–water partition coefficient (Wildman–Crippen LogP) is 5.10. The molecular formula is C28H23N3O5S. The maximum atomic E-state index is 13.5. The van der Waals surface area contributed by atoms with Gasteiger partial charge in [-0.3, -0.25) is 9.59 Å². The number of hydrogen-bond donors (Lipinski definition) is 1. The Morgan fingerprint density at radius 1 is 1.03 bits per heavy atom. The first kappa shape index (κ1) is 24.2. The second-order valence-corrected chi connectivity index (χ2v) is 9.20. The Balaban J connectivity index is 1.46. The first-order chi connectivity index (χ1) is 17.9. The molecule has 0 fully saturated rings. The molecule has 0 atom stereocenters. The van der Waals surface area contributed by atoms with E-state index in [0.717, 1.165) is 32.4 Å². The summed E-state index contributed by atoms with van der Waals surface area (Å²) in [6.07, 6.45) is 0. The Kier molecular flexibility index (Phi) is 6.70. The van der Waals surface area contributed by atoms with Crippen LogP contribution in [0.4, 0.5) is 5.00 Å². The van der Waals surface area contributed by atoms with Gasteiger partial charge in [0.1, 0.15) is 10.8 Å². The minimum absolute atomic E-state index is 0.00110. The SMILES string of the molecule is CCOC(=O)c1nn(-c2ccc(C)cc2)c(=O)c2c(NC(=O)COc3ccc4ccccc4c3)scc12. The molecule has 0 saturated carbocycles. The van der Waals surface area contributed by atoms with Crippen LogP contribution in [0.5, 0.6) is 5.75 Å². The van der Waals surface area contributed by atoms with Gasteiger partial charge in [0.25, 0.3) is 11.5 Å². The molecule has 3 aromatic carbocycles. The van der Waals surface area contributed by atoms with E-state index in [2.05, 4.69) is 10.4 Å². The summed E-state index contributed by atoms with van der Waals surface area (Å²) in [4.78, 5) is 38.9. The fourth-order valence-electron chi connectivity index (χ4n) is 3.92. The van der Waals surface area contributed by atoms with Crippen LogP contribution in [-0.2, 0) is 9.53 Å². The third-order valence-electron chi connectivity index (χ3n) is 5.74. The van der Waals surface area contributed by atoms with Gasteiger partial charge in [0.2, 0.25) is 0 Å². The number of fused-ring (bicyclic) bond motifs is 2. The summed E-state index contributed by atoms with van der Waals surface area (Å²) in [6.45, 7) is 3.53. The lowest BCUT2D eigenvalue weighted by Gasteiger charge is -2.10. The minimum Gasteiger partial charge on any atom is -0.484 e. The van der Waals surface area contributed by atoms with Gasteiger partial charge < -0.3 is 14.8 Å². The van der Waals surface area contributed by atoms with Crippen LogP contribution in [0.1, 0.15) is 23.0 Å². The van der Waals surface area contributed by atoms with E-state index in [9.17, 15) is 14.4 Å². The number of nitrogens with one attached hydrogen (secondary N) is 1. The van der Waals surface area contributed by atoms with Crippen LogP contribution < -0.4 is 15.6 Å². The number of benzene rings is 3. The molecule has 1 amide bonds. The molecule has 37 heavy (non-hydrogen) atoms. The number of aryl methyl sites for hydroxylation is 1. The van der Waals surface area contributed by atoms with Crippen LogP contribution in [0, 0.1) is 6.92 Å². The lowest BCUT2D eigenvalue weighted by molar-refractivity contribution is -0.118. The molecule has 5 aromatic rings. The van der Waals surface area contributed by atoms with Crippen molar-refractivity contribution in [1.29, 1.82) is 0 Å². The number of esters is 1. The van der Waals surface area contributed by atoms with Crippen LogP contribution in [0.2, 0.25) is 0 Å². The molecule has 2 aromatic heterocycles. The molecule has 2 heterocycles. The van der Waals surface area contributed by atoms with Crippen LogP contribution >= 0.6 is 11.3 Å². The van der Waals surface area contributed by atoms with Crippen molar-refractivity contribution < 1.29 is 19.1 Å². The van der Waals surface area contributed by atoms with Gasteiger partial charge >= 0.3 is 5.97 Å². The Hall–Kier alpha value is -4.50. The minimum atomic E-state index is -0.649. The topological polar surface area (TPSA) is 99.5 Å². The van der Waals surface area contributed by atoms with Crippen molar-refractivity contribution in [3.8, 4) is 11.4 Å². The molecule has 0 aliphatic carbocycles. The first-order valence-corrected chi connectivity index (χ1v) is 12.5. The number of rotatable bonds is 7. The van der Waals surface area contributed by atoms with Crippen LogP contribution in [0.3, 0.4) is 0 Å². The number of anilines is 1. The van der Waals surface area contributed by atoms with Gasteiger partial charge in [-0.2, -0.15) is 9.78 Å². The van der Waals surface area contributed by atoms with Crippen molar-refractivity contribution >= 4 is 49.8 Å². The summed E-state index contributed by atoms with van der Waals surface area (Å²) >= 11 is 1.14. The summed E-state index contributed by atoms with van der Waals surface area (Å²) < 4.78 is 12.0.